The number of hydrogen-bond donors (Lipinski definition) is 0. The van der Waals surface area contributed by atoms with Gasteiger partial charge in [-0.3, -0.25) is 4.98 Å². The molecule has 0 radical (unpaired) electrons. The molecule has 6 heteroatoms. The highest BCUT2D eigenvalue weighted by molar-refractivity contribution is 5.66. The van der Waals surface area contributed by atoms with Gasteiger partial charge in [-0.2, -0.15) is 14.6 Å². The lowest BCUT2D eigenvalue weighted by Gasteiger charge is -2.30. The standard InChI is InChI=1S/C20H20N6/c1-3-25(15(2)17-10-7-11-21-13-17)19-12-18(16-8-5-4-6-9-16)24-20-22-14-23-26(19)20/h4-15H,3H2,1-2H3. The number of anilines is 1. The topological polar surface area (TPSA) is 59.2 Å². The number of rotatable bonds is 5. The third-order valence-electron chi connectivity index (χ3n) is 4.57. The first-order chi connectivity index (χ1) is 12.8. The predicted molar refractivity (Wildman–Crippen MR) is 102 cm³/mol. The lowest BCUT2D eigenvalue weighted by atomic mass is 10.1. The highest BCUT2D eigenvalue weighted by Gasteiger charge is 2.20. The minimum Gasteiger partial charge on any atom is -0.350 e. The van der Waals surface area contributed by atoms with Gasteiger partial charge in [0.2, 0.25) is 0 Å². The molecule has 0 amide bonds. The molecule has 0 saturated carbocycles. The van der Waals surface area contributed by atoms with Crippen molar-refractivity contribution in [2.45, 2.75) is 19.9 Å². The van der Waals surface area contributed by atoms with Crippen molar-refractivity contribution >= 4 is 11.6 Å². The number of pyridine rings is 1. The molecule has 3 aromatic heterocycles. The van der Waals surface area contributed by atoms with Gasteiger partial charge >= 0.3 is 0 Å². The van der Waals surface area contributed by atoms with Crippen LogP contribution in [0.25, 0.3) is 17.0 Å². The van der Waals surface area contributed by atoms with Gasteiger partial charge in [0.1, 0.15) is 12.1 Å². The summed E-state index contributed by atoms with van der Waals surface area (Å²) in [5, 5.41) is 4.38. The Labute approximate surface area is 152 Å². The Bertz CT molecular complexity index is 997. The average Bonchev–Trinajstić information content (AvgIpc) is 3.18. The van der Waals surface area contributed by atoms with Gasteiger partial charge in [-0.15, -0.1) is 0 Å². The molecule has 6 nitrogen and oxygen atoms in total. The maximum Gasteiger partial charge on any atom is 0.254 e. The summed E-state index contributed by atoms with van der Waals surface area (Å²) in [7, 11) is 0. The first-order valence-electron chi connectivity index (χ1n) is 8.70. The van der Waals surface area contributed by atoms with E-state index in [0.717, 1.165) is 29.2 Å². The van der Waals surface area contributed by atoms with E-state index in [1.54, 1.807) is 17.0 Å². The van der Waals surface area contributed by atoms with E-state index in [2.05, 4.69) is 63.1 Å². The van der Waals surface area contributed by atoms with E-state index in [1.807, 2.05) is 30.5 Å². The Morgan fingerprint density at radius 1 is 1.12 bits per heavy atom. The quantitative estimate of drug-likeness (QED) is 0.551. The van der Waals surface area contributed by atoms with E-state index in [4.69, 9.17) is 0 Å². The SMILES string of the molecule is CCN(c1cc(-c2ccccc2)nc2ncnn12)C(C)c1cccnc1. The molecule has 130 valence electrons. The molecule has 0 aliphatic heterocycles. The summed E-state index contributed by atoms with van der Waals surface area (Å²) in [4.78, 5) is 15.5. The van der Waals surface area contributed by atoms with Crippen molar-refractivity contribution in [2.24, 2.45) is 0 Å². The van der Waals surface area contributed by atoms with Crippen LogP contribution >= 0.6 is 0 Å². The molecule has 0 aliphatic carbocycles. The molecular weight excluding hydrogens is 324 g/mol. The summed E-state index contributed by atoms with van der Waals surface area (Å²) in [6, 6.07) is 16.4. The summed E-state index contributed by atoms with van der Waals surface area (Å²) in [5.74, 6) is 1.56. The van der Waals surface area contributed by atoms with Crippen molar-refractivity contribution in [2.75, 3.05) is 11.4 Å². The second-order valence-corrected chi connectivity index (χ2v) is 6.09. The molecule has 0 bridgehead atoms. The number of fused-ring (bicyclic) bond motifs is 1. The number of aromatic nitrogens is 5. The minimum absolute atomic E-state index is 0.145. The van der Waals surface area contributed by atoms with Crippen LogP contribution in [0.3, 0.4) is 0 Å². The first-order valence-corrected chi connectivity index (χ1v) is 8.70. The van der Waals surface area contributed by atoms with Crippen molar-refractivity contribution < 1.29 is 0 Å². The maximum absolute atomic E-state index is 4.67. The number of nitrogens with zero attached hydrogens (tertiary/aromatic N) is 6. The van der Waals surface area contributed by atoms with Crippen molar-refractivity contribution in [1.29, 1.82) is 0 Å². The van der Waals surface area contributed by atoms with Crippen LogP contribution in [-0.4, -0.2) is 31.1 Å². The summed E-state index contributed by atoms with van der Waals surface area (Å²) in [6.45, 7) is 5.13. The van der Waals surface area contributed by atoms with Gasteiger partial charge in [0, 0.05) is 30.6 Å². The third-order valence-corrected chi connectivity index (χ3v) is 4.57. The molecule has 0 spiro atoms. The second kappa shape index (κ2) is 6.92. The molecule has 0 fully saturated rings. The highest BCUT2D eigenvalue weighted by Crippen LogP contribution is 2.29. The fourth-order valence-corrected chi connectivity index (χ4v) is 3.20. The molecule has 3 heterocycles. The number of hydrogen-bond acceptors (Lipinski definition) is 5. The molecule has 0 saturated heterocycles. The Morgan fingerprint density at radius 2 is 1.96 bits per heavy atom. The fourth-order valence-electron chi connectivity index (χ4n) is 3.20. The molecule has 4 rings (SSSR count). The zero-order valence-corrected chi connectivity index (χ0v) is 14.8. The lowest BCUT2D eigenvalue weighted by Crippen LogP contribution is -2.29. The largest absolute Gasteiger partial charge is 0.350 e. The Balaban J connectivity index is 1.85. The van der Waals surface area contributed by atoms with E-state index in [1.165, 1.54) is 0 Å². The zero-order valence-electron chi connectivity index (χ0n) is 14.8. The van der Waals surface area contributed by atoms with Crippen LogP contribution in [0.4, 0.5) is 5.82 Å². The van der Waals surface area contributed by atoms with Gasteiger partial charge in [-0.1, -0.05) is 36.4 Å². The molecule has 1 atom stereocenters. The smallest absolute Gasteiger partial charge is 0.254 e. The minimum atomic E-state index is 0.145. The van der Waals surface area contributed by atoms with Crippen LogP contribution in [0.15, 0.2) is 67.3 Å². The molecule has 1 aromatic carbocycles. The van der Waals surface area contributed by atoms with Gasteiger partial charge in [-0.05, 0) is 25.5 Å². The molecule has 26 heavy (non-hydrogen) atoms. The Kier molecular flexibility index (Phi) is 4.31. The maximum atomic E-state index is 4.67. The van der Waals surface area contributed by atoms with E-state index >= 15 is 0 Å². The molecular formula is C20H20N6. The van der Waals surface area contributed by atoms with Gasteiger partial charge < -0.3 is 4.90 Å². The summed E-state index contributed by atoms with van der Waals surface area (Å²) in [5.41, 5.74) is 3.10. The predicted octanol–water partition coefficient (Wildman–Crippen LogP) is 3.77. The van der Waals surface area contributed by atoms with Crippen molar-refractivity contribution in [3.05, 3.63) is 72.8 Å². The first kappa shape index (κ1) is 16.2. The van der Waals surface area contributed by atoms with E-state index < -0.39 is 0 Å². The summed E-state index contributed by atoms with van der Waals surface area (Å²) in [6.07, 6.45) is 5.25. The van der Waals surface area contributed by atoms with Gasteiger partial charge in [0.15, 0.2) is 0 Å². The van der Waals surface area contributed by atoms with E-state index in [9.17, 15) is 0 Å². The Morgan fingerprint density at radius 3 is 2.69 bits per heavy atom. The molecule has 0 aliphatic rings. The van der Waals surface area contributed by atoms with E-state index in [0.29, 0.717) is 5.78 Å². The van der Waals surface area contributed by atoms with Crippen molar-refractivity contribution in [1.82, 2.24) is 24.6 Å². The van der Waals surface area contributed by atoms with Crippen LogP contribution in [0, 0.1) is 0 Å². The zero-order chi connectivity index (χ0) is 17.9. The fraction of sp³-hybridized carbons (Fsp3) is 0.200. The van der Waals surface area contributed by atoms with Crippen LogP contribution < -0.4 is 4.90 Å². The number of benzene rings is 1. The molecule has 0 N–H and O–H groups in total. The van der Waals surface area contributed by atoms with Gasteiger partial charge in [0.05, 0.1) is 11.7 Å². The lowest BCUT2D eigenvalue weighted by molar-refractivity contribution is 0.663. The molecule has 1 unspecified atom stereocenters. The van der Waals surface area contributed by atoms with Crippen molar-refractivity contribution in [3.63, 3.8) is 0 Å². The summed E-state index contributed by atoms with van der Waals surface area (Å²) < 4.78 is 1.79. The van der Waals surface area contributed by atoms with Crippen molar-refractivity contribution in [3.8, 4) is 11.3 Å². The molecule has 4 aromatic rings. The van der Waals surface area contributed by atoms with Gasteiger partial charge in [0.25, 0.3) is 5.78 Å². The summed E-state index contributed by atoms with van der Waals surface area (Å²) >= 11 is 0. The second-order valence-electron chi connectivity index (χ2n) is 6.09. The highest BCUT2D eigenvalue weighted by atomic mass is 15.4. The normalized spacial score (nSPS) is 12.2. The van der Waals surface area contributed by atoms with Crippen LogP contribution in [0.2, 0.25) is 0 Å². The van der Waals surface area contributed by atoms with E-state index in [-0.39, 0.29) is 6.04 Å². The average molecular weight is 344 g/mol. The third kappa shape index (κ3) is 2.90. The van der Waals surface area contributed by atoms with Crippen LogP contribution in [-0.2, 0) is 0 Å². The van der Waals surface area contributed by atoms with Crippen LogP contribution in [0.1, 0.15) is 25.5 Å². The monoisotopic (exact) mass is 344 g/mol. The Hall–Kier alpha value is -3.28. The van der Waals surface area contributed by atoms with Crippen LogP contribution in [0.5, 0.6) is 0 Å². The van der Waals surface area contributed by atoms with Gasteiger partial charge in [-0.25, -0.2) is 4.98 Å².